The molecule has 4 rings (SSSR count). The van der Waals surface area contributed by atoms with Crippen molar-refractivity contribution in [2.75, 3.05) is 13.1 Å². The van der Waals surface area contributed by atoms with Crippen molar-refractivity contribution in [2.24, 2.45) is 0 Å². The molecule has 0 bridgehead atoms. The molecule has 1 fully saturated rings. The fourth-order valence-electron chi connectivity index (χ4n) is 3.55. The Hall–Kier alpha value is -2.20. The number of hydrogen-bond donors (Lipinski definition) is 1. The summed E-state index contributed by atoms with van der Waals surface area (Å²) in [5.41, 5.74) is 2.92. The molecule has 1 aliphatic heterocycles. The number of amides is 1. The average molecular weight is 479 g/mol. The molecule has 1 N–H and O–H groups in total. The van der Waals surface area contributed by atoms with Gasteiger partial charge in [-0.25, -0.2) is 13.1 Å². The van der Waals surface area contributed by atoms with Crippen LogP contribution in [0.1, 0.15) is 39.5 Å². The van der Waals surface area contributed by atoms with Gasteiger partial charge in [-0.2, -0.15) is 9.40 Å². The van der Waals surface area contributed by atoms with E-state index in [0.717, 1.165) is 34.8 Å². The lowest BCUT2D eigenvalue weighted by Crippen LogP contribution is -2.27. The minimum atomic E-state index is -3.42. The van der Waals surface area contributed by atoms with E-state index in [0.29, 0.717) is 27.9 Å². The summed E-state index contributed by atoms with van der Waals surface area (Å²) in [6, 6.07) is 10.5. The van der Waals surface area contributed by atoms with E-state index in [1.165, 1.54) is 15.6 Å². The number of carbonyl (C=O) groups is 1. The molecule has 1 amide bonds. The summed E-state index contributed by atoms with van der Waals surface area (Å²) < 4.78 is 28.9. The fraction of sp³-hybridized carbons (Fsp3) is 0.333. The van der Waals surface area contributed by atoms with Crippen LogP contribution < -0.4 is 5.32 Å². The van der Waals surface area contributed by atoms with Crippen LogP contribution in [0.25, 0.3) is 5.69 Å². The monoisotopic (exact) mass is 478 g/mol. The van der Waals surface area contributed by atoms with Gasteiger partial charge in [-0.3, -0.25) is 4.79 Å². The van der Waals surface area contributed by atoms with Crippen molar-refractivity contribution >= 4 is 38.9 Å². The number of halogens is 1. The molecule has 3 aromatic rings. The Morgan fingerprint density at radius 3 is 2.42 bits per heavy atom. The van der Waals surface area contributed by atoms with Gasteiger partial charge in [-0.1, -0.05) is 11.6 Å². The summed E-state index contributed by atoms with van der Waals surface area (Å²) in [5, 5.41) is 7.90. The molecule has 31 heavy (non-hydrogen) atoms. The van der Waals surface area contributed by atoms with Crippen LogP contribution >= 0.6 is 22.9 Å². The zero-order chi connectivity index (χ0) is 22.2. The van der Waals surface area contributed by atoms with Crippen molar-refractivity contribution < 1.29 is 13.2 Å². The highest BCUT2D eigenvalue weighted by Gasteiger charge is 2.28. The van der Waals surface area contributed by atoms with Crippen LogP contribution in [0.5, 0.6) is 0 Å². The van der Waals surface area contributed by atoms with Gasteiger partial charge in [0.1, 0.15) is 4.21 Å². The molecule has 0 saturated carbocycles. The Balaban J connectivity index is 1.40. The van der Waals surface area contributed by atoms with E-state index in [1.807, 2.05) is 26.0 Å². The van der Waals surface area contributed by atoms with Crippen LogP contribution in [0.2, 0.25) is 5.02 Å². The third kappa shape index (κ3) is 4.41. The Morgan fingerprint density at radius 1 is 1.13 bits per heavy atom. The van der Waals surface area contributed by atoms with Crippen molar-refractivity contribution in [1.29, 1.82) is 0 Å². The molecule has 7 nitrogen and oxygen atoms in total. The number of carbonyl (C=O) groups excluding carboxylic acids is 1. The van der Waals surface area contributed by atoms with Crippen LogP contribution in [0.15, 0.2) is 40.6 Å². The Labute approximate surface area is 190 Å². The quantitative estimate of drug-likeness (QED) is 0.582. The maximum absolute atomic E-state index is 12.6. The van der Waals surface area contributed by atoms with Crippen molar-refractivity contribution in [3.63, 3.8) is 0 Å². The molecule has 0 radical (unpaired) electrons. The lowest BCUT2D eigenvalue weighted by molar-refractivity contribution is 0.0951. The van der Waals surface area contributed by atoms with Crippen molar-refractivity contribution in [1.82, 2.24) is 19.4 Å². The second-order valence-corrected chi connectivity index (χ2v) is 11.2. The van der Waals surface area contributed by atoms with Crippen molar-refractivity contribution in [3.8, 4) is 5.69 Å². The van der Waals surface area contributed by atoms with E-state index in [2.05, 4.69) is 10.4 Å². The largest absolute Gasteiger partial charge is 0.347 e. The predicted molar refractivity (Wildman–Crippen MR) is 122 cm³/mol. The van der Waals surface area contributed by atoms with E-state index in [4.69, 9.17) is 11.6 Å². The summed E-state index contributed by atoms with van der Waals surface area (Å²) in [4.78, 5) is 13.3. The van der Waals surface area contributed by atoms with Gasteiger partial charge in [0.05, 0.1) is 28.6 Å². The molecule has 2 aromatic heterocycles. The fourth-order valence-corrected chi connectivity index (χ4v) is 6.63. The minimum absolute atomic E-state index is 0.227. The first kappa shape index (κ1) is 22.0. The average Bonchev–Trinajstić information content (AvgIpc) is 3.51. The van der Waals surface area contributed by atoms with Crippen LogP contribution in [0, 0.1) is 13.8 Å². The normalized spacial score (nSPS) is 14.8. The zero-order valence-electron chi connectivity index (χ0n) is 17.3. The van der Waals surface area contributed by atoms with Gasteiger partial charge >= 0.3 is 0 Å². The number of nitrogens with zero attached hydrogens (tertiary/aromatic N) is 3. The summed E-state index contributed by atoms with van der Waals surface area (Å²) in [6.45, 7) is 5.16. The van der Waals surface area contributed by atoms with E-state index < -0.39 is 10.0 Å². The summed E-state index contributed by atoms with van der Waals surface area (Å²) in [5.74, 6) is -0.227. The van der Waals surface area contributed by atoms with Crippen LogP contribution in [-0.2, 0) is 16.6 Å². The third-order valence-corrected chi connectivity index (χ3v) is 9.29. The first-order valence-corrected chi connectivity index (χ1v) is 12.6. The van der Waals surface area contributed by atoms with Crippen LogP contribution in [-0.4, -0.2) is 41.5 Å². The zero-order valence-corrected chi connectivity index (χ0v) is 19.6. The highest BCUT2D eigenvalue weighted by atomic mass is 35.5. The smallest absolute Gasteiger partial charge is 0.252 e. The van der Waals surface area contributed by atoms with Gasteiger partial charge < -0.3 is 5.32 Å². The number of sulfonamides is 1. The van der Waals surface area contributed by atoms with Gasteiger partial charge in [-0.05, 0) is 63.1 Å². The van der Waals surface area contributed by atoms with Crippen molar-refractivity contribution in [3.05, 3.63) is 63.2 Å². The molecule has 10 heteroatoms. The number of benzene rings is 1. The molecule has 164 valence electrons. The summed E-state index contributed by atoms with van der Waals surface area (Å²) in [6.07, 6.45) is 1.80. The predicted octanol–water partition coefficient (Wildman–Crippen LogP) is 3.92. The number of aryl methyl sites for hydroxylation is 1. The molecule has 0 aliphatic carbocycles. The lowest BCUT2D eigenvalue weighted by Gasteiger charge is -2.13. The van der Waals surface area contributed by atoms with Gasteiger partial charge in [0, 0.05) is 23.5 Å². The first-order chi connectivity index (χ1) is 14.8. The van der Waals surface area contributed by atoms with Gasteiger partial charge in [0.2, 0.25) is 0 Å². The maximum Gasteiger partial charge on any atom is 0.252 e. The number of nitrogens with one attached hydrogen (secondary N) is 1. The second kappa shape index (κ2) is 8.74. The maximum atomic E-state index is 12.6. The van der Waals surface area contributed by atoms with Crippen LogP contribution in [0.3, 0.4) is 0 Å². The Kier molecular flexibility index (Phi) is 6.20. The van der Waals surface area contributed by atoms with E-state index in [1.54, 1.807) is 28.9 Å². The van der Waals surface area contributed by atoms with Gasteiger partial charge in [0.25, 0.3) is 15.9 Å². The van der Waals surface area contributed by atoms with Gasteiger partial charge in [0.15, 0.2) is 0 Å². The minimum Gasteiger partial charge on any atom is -0.347 e. The summed E-state index contributed by atoms with van der Waals surface area (Å²) in [7, 11) is -3.42. The number of aromatic nitrogens is 2. The molecule has 3 heterocycles. The molecule has 1 aromatic carbocycles. The van der Waals surface area contributed by atoms with E-state index >= 15 is 0 Å². The second-order valence-electron chi connectivity index (χ2n) is 7.46. The molecular weight excluding hydrogens is 456 g/mol. The molecule has 1 saturated heterocycles. The van der Waals surface area contributed by atoms with Gasteiger partial charge in [-0.15, -0.1) is 11.3 Å². The molecule has 0 atom stereocenters. The third-order valence-electron chi connectivity index (χ3n) is 5.30. The molecule has 1 aliphatic rings. The van der Waals surface area contributed by atoms with Crippen LogP contribution in [0.4, 0.5) is 0 Å². The first-order valence-electron chi connectivity index (χ1n) is 9.96. The molecular formula is C21H23ClN4O3S2. The standard InChI is InChI=1S/C21H23ClN4O3S2/c1-14-20(22)15(2)26(24-14)17-7-5-16(6-8-17)21(27)23-13-18-9-10-19(30-18)31(28,29)25-11-3-4-12-25/h5-10H,3-4,11-13H2,1-2H3,(H,23,27). The van der Waals surface area contributed by atoms with Crippen molar-refractivity contribution in [2.45, 2.75) is 37.4 Å². The Morgan fingerprint density at radius 2 is 1.81 bits per heavy atom. The topological polar surface area (TPSA) is 84.3 Å². The molecule has 0 unspecified atom stereocenters. The van der Waals surface area contributed by atoms with E-state index in [9.17, 15) is 13.2 Å². The Bertz CT molecular complexity index is 1210. The number of hydrogen-bond acceptors (Lipinski definition) is 5. The molecule has 0 spiro atoms. The number of rotatable bonds is 6. The highest BCUT2D eigenvalue weighted by molar-refractivity contribution is 7.91. The SMILES string of the molecule is Cc1nn(-c2ccc(C(=O)NCc3ccc(S(=O)(=O)N4CCCC4)s3)cc2)c(C)c1Cl. The lowest BCUT2D eigenvalue weighted by atomic mass is 10.2. The number of thiophene rings is 1. The van der Waals surface area contributed by atoms with E-state index in [-0.39, 0.29) is 12.5 Å². The summed E-state index contributed by atoms with van der Waals surface area (Å²) >= 11 is 7.41. The highest BCUT2D eigenvalue weighted by Crippen LogP contribution is 2.27.